The Kier molecular flexibility index (Phi) is 68.4. The smallest absolute Gasteiger partial charge is 0.462 e. The normalized spacial score (nSPS) is 14.2. The second kappa shape index (κ2) is 69.8. The number of carbonyl (C=O) groups excluding carboxylic acids is 4. The van der Waals surface area contributed by atoms with E-state index < -0.39 is 97.5 Å². The van der Waals surface area contributed by atoms with Crippen molar-refractivity contribution >= 4 is 39.5 Å². The molecule has 0 aromatic rings. The molecule has 0 saturated heterocycles. The van der Waals surface area contributed by atoms with Crippen LogP contribution in [0.1, 0.15) is 408 Å². The average molecular weight is 1420 g/mol. The first kappa shape index (κ1) is 95.1. The van der Waals surface area contributed by atoms with Gasteiger partial charge in [-0.1, -0.05) is 356 Å². The lowest BCUT2D eigenvalue weighted by Gasteiger charge is -2.21. The highest BCUT2D eigenvalue weighted by molar-refractivity contribution is 7.47. The molecule has 0 aliphatic carbocycles. The third-order valence-corrected chi connectivity index (χ3v) is 20.5. The quantitative estimate of drug-likeness (QED) is 0.0222. The molecule has 576 valence electrons. The third-order valence-electron chi connectivity index (χ3n) is 18.6. The van der Waals surface area contributed by atoms with Gasteiger partial charge < -0.3 is 33.8 Å². The molecule has 0 saturated carbocycles. The standard InChI is InChI=1S/C78H152O17P2/c1-7-10-12-14-16-18-19-20-21-22-23-24-25-30-33-38-44-50-56-62-77(82)94-74(67-89-76(81)61-55-49-43-37-32-29-27-26-28-31-36-41-47-53-59-71(6)9-3)69-93-97(86,87)91-65-72(79)64-90-96(84,85)92-68-73(66-88-75(80)60-54-48-42-17-15-13-11-8-2)95-78(83)63-57-51-45-39-34-35-40-46-52-58-70(4)5/h70-74,79H,7-69H2,1-6H3,(H,84,85)(H,86,87)/t71?,72-,73+,74+/m0/s1. The number of hydrogen-bond acceptors (Lipinski definition) is 15. The SMILES string of the molecule is CCCCCCCCCCCCCCCCCCCCCC(=O)O[C@H](COC(=O)CCCCCCCCCCCCCCCCC(C)CC)COP(=O)(O)OC[C@@H](O)COP(=O)(O)OC[C@@H](COC(=O)CCCCCCCCCC)OC(=O)CCCCCCCCCCCC(C)C. The molecule has 0 spiro atoms. The number of ether oxygens (including phenoxy) is 4. The number of carbonyl (C=O) groups is 4. The molecular weight excluding hydrogens is 1270 g/mol. The fraction of sp³-hybridized carbons (Fsp3) is 0.949. The molecule has 0 amide bonds. The maximum atomic E-state index is 13.1. The Labute approximate surface area is 594 Å². The summed E-state index contributed by atoms with van der Waals surface area (Å²) in [6.45, 7) is 9.61. The second-order valence-corrected chi connectivity index (χ2v) is 31.7. The molecule has 0 aromatic heterocycles. The van der Waals surface area contributed by atoms with Gasteiger partial charge in [0.15, 0.2) is 12.2 Å². The molecule has 3 N–H and O–H groups in total. The van der Waals surface area contributed by atoms with Crippen molar-refractivity contribution < 1.29 is 80.2 Å². The van der Waals surface area contributed by atoms with Crippen LogP contribution in [0.4, 0.5) is 0 Å². The Morgan fingerprint density at radius 1 is 0.299 bits per heavy atom. The lowest BCUT2D eigenvalue weighted by molar-refractivity contribution is -0.161. The number of rotatable bonds is 77. The Hall–Kier alpha value is -1.94. The van der Waals surface area contributed by atoms with Crippen LogP contribution in [0.5, 0.6) is 0 Å². The number of aliphatic hydroxyl groups is 1. The number of aliphatic hydroxyl groups excluding tert-OH is 1. The minimum atomic E-state index is -4.96. The summed E-state index contributed by atoms with van der Waals surface area (Å²) >= 11 is 0. The van der Waals surface area contributed by atoms with Gasteiger partial charge in [-0.2, -0.15) is 0 Å². The van der Waals surface area contributed by atoms with Gasteiger partial charge in [-0.25, -0.2) is 9.13 Å². The Balaban J connectivity index is 5.20. The van der Waals surface area contributed by atoms with Crippen LogP contribution in [0.25, 0.3) is 0 Å². The van der Waals surface area contributed by atoms with E-state index >= 15 is 0 Å². The third kappa shape index (κ3) is 70.9. The van der Waals surface area contributed by atoms with Crippen molar-refractivity contribution in [3.8, 4) is 0 Å². The predicted molar refractivity (Wildman–Crippen MR) is 395 cm³/mol. The number of phosphoric acid groups is 2. The van der Waals surface area contributed by atoms with Crippen molar-refractivity contribution in [1.29, 1.82) is 0 Å². The molecule has 0 heterocycles. The molecule has 6 atom stereocenters. The largest absolute Gasteiger partial charge is 0.472 e. The van der Waals surface area contributed by atoms with Crippen molar-refractivity contribution in [2.24, 2.45) is 11.8 Å². The number of hydrogen-bond donors (Lipinski definition) is 3. The van der Waals surface area contributed by atoms with Gasteiger partial charge in [0.25, 0.3) is 0 Å². The molecule has 3 unspecified atom stereocenters. The van der Waals surface area contributed by atoms with Gasteiger partial charge in [0.1, 0.15) is 19.3 Å². The summed E-state index contributed by atoms with van der Waals surface area (Å²) in [5.74, 6) is -0.529. The van der Waals surface area contributed by atoms with E-state index in [9.17, 15) is 43.2 Å². The first-order valence-corrected chi connectivity index (χ1v) is 43.5. The van der Waals surface area contributed by atoms with E-state index in [2.05, 4.69) is 41.5 Å². The van der Waals surface area contributed by atoms with Crippen LogP contribution in [-0.2, 0) is 65.4 Å². The molecule has 0 radical (unpaired) electrons. The molecule has 0 aromatic carbocycles. The van der Waals surface area contributed by atoms with E-state index in [1.165, 1.54) is 218 Å². The predicted octanol–water partition coefficient (Wildman–Crippen LogP) is 23.1. The van der Waals surface area contributed by atoms with Crippen LogP contribution in [0.3, 0.4) is 0 Å². The molecule has 0 rings (SSSR count). The average Bonchev–Trinajstić information content (AvgIpc) is 1.36. The topological polar surface area (TPSA) is 237 Å². The van der Waals surface area contributed by atoms with Crippen molar-refractivity contribution in [3.63, 3.8) is 0 Å². The zero-order valence-electron chi connectivity index (χ0n) is 63.4. The fourth-order valence-corrected chi connectivity index (χ4v) is 13.6. The van der Waals surface area contributed by atoms with Crippen LogP contribution in [0.15, 0.2) is 0 Å². The molecule has 0 aliphatic rings. The molecule has 17 nitrogen and oxygen atoms in total. The molecule has 97 heavy (non-hydrogen) atoms. The molecule has 0 fully saturated rings. The maximum absolute atomic E-state index is 13.1. The lowest BCUT2D eigenvalue weighted by atomic mass is 9.99. The number of esters is 4. The summed E-state index contributed by atoms with van der Waals surface area (Å²) < 4.78 is 68.5. The van der Waals surface area contributed by atoms with Crippen LogP contribution in [0.2, 0.25) is 0 Å². The van der Waals surface area contributed by atoms with Crippen molar-refractivity contribution in [3.05, 3.63) is 0 Å². The first-order valence-electron chi connectivity index (χ1n) is 40.5. The zero-order chi connectivity index (χ0) is 71.4. The van der Waals surface area contributed by atoms with Gasteiger partial charge in [-0.3, -0.25) is 37.3 Å². The molecule has 19 heteroatoms. The minimum Gasteiger partial charge on any atom is -0.462 e. The fourth-order valence-electron chi connectivity index (χ4n) is 12.0. The van der Waals surface area contributed by atoms with Gasteiger partial charge >= 0.3 is 39.5 Å². The molecular formula is C78H152O17P2. The van der Waals surface area contributed by atoms with Gasteiger partial charge in [0.2, 0.25) is 0 Å². The van der Waals surface area contributed by atoms with Crippen molar-refractivity contribution in [2.75, 3.05) is 39.6 Å². The molecule has 0 aliphatic heterocycles. The van der Waals surface area contributed by atoms with E-state index in [0.717, 1.165) is 108 Å². The highest BCUT2D eigenvalue weighted by Gasteiger charge is 2.30. The summed E-state index contributed by atoms with van der Waals surface area (Å²) in [6.07, 6.45) is 58.3. The highest BCUT2D eigenvalue weighted by atomic mass is 31.2. The van der Waals surface area contributed by atoms with E-state index in [-0.39, 0.29) is 25.7 Å². The van der Waals surface area contributed by atoms with Crippen LogP contribution < -0.4 is 0 Å². The van der Waals surface area contributed by atoms with E-state index in [1.54, 1.807) is 0 Å². The van der Waals surface area contributed by atoms with E-state index in [4.69, 9.17) is 37.0 Å². The first-order chi connectivity index (χ1) is 46.9. The Morgan fingerprint density at radius 2 is 0.526 bits per heavy atom. The summed E-state index contributed by atoms with van der Waals surface area (Å²) in [6, 6.07) is 0. The summed E-state index contributed by atoms with van der Waals surface area (Å²) in [5.41, 5.74) is 0. The van der Waals surface area contributed by atoms with Crippen LogP contribution >= 0.6 is 15.6 Å². The van der Waals surface area contributed by atoms with Gasteiger partial charge in [0.05, 0.1) is 26.4 Å². The highest BCUT2D eigenvalue weighted by Crippen LogP contribution is 2.45. The number of phosphoric ester groups is 2. The lowest BCUT2D eigenvalue weighted by Crippen LogP contribution is -2.30. The van der Waals surface area contributed by atoms with Crippen molar-refractivity contribution in [1.82, 2.24) is 0 Å². The van der Waals surface area contributed by atoms with Crippen LogP contribution in [-0.4, -0.2) is 96.7 Å². The van der Waals surface area contributed by atoms with Crippen LogP contribution in [0, 0.1) is 11.8 Å². The second-order valence-electron chi connectivity index (χ2n) is 28.8. The van der Waals surface area contributed by atoms with Crippen molar-refractivity contribution in [2.45, 2.75) is 426 Å². The summed E-state index contributed by atoms with van der Waals surface area (Å²) in [4.78, 5) is 72.8. The number of unbranched alkanes of at least 4 members (excludes halogenated alkanes) is 46. The van der Waals surface area contributed by atoms with E-state index in [1.807, 2.05) is 0 Å². The Bertz CT molecular complexity index is 1870. The Morgan fingerprint density at radius 3 is 0.784 bits per heavy atom. The van der Waals surface area contributed by atoms with E-state index in [0.29, 0.717) is 25.7 Å². The minimum absolute atomic E-state index is 0.105. The summed E-state index contributed by atoms with van der Waals surface area (Å²) in [7, 11) is -9.91. The zero-order valence-corrected chi connectivity index (χ0v) is 65.2. The van der Waals surface area contributed by atoms with Gasteiger partial charge in [-0.15, -0.1) is 0 Å². The summed E-state index contributed by atoms with van der Waals surface area (Å²) in [5, 5.41) is 10.6. The van der Waals surface area contributed by atoms with Gasteiger partial charge in [0, 0.05) is 25.7 Å². The maximum Gasteiger partial charge on any atom is 0.472 e. The monoisotopic (exact) mass is 1420 g/mol. The van der Waals surface area contributed by atoms with Gasteiger partial charge in [-0.05, 0) is 37.5 Å². The molecule has 0 bridgehead atoms.